The van der Waals surface area contributed by atoms with E-state index in [0.29, 0.717) is 28.7 Å². The van der Waals surface area contributed by atoms with E-state index in [1.54, 1.807) is 30.3 Å². The summed E-state index contributed by atoms with van der Waals surface area (Å²) in [5.41, 5.74) is 7.44. The normalized spacial score (nSPS) is 14.6. The lowest BCUT2D eigenvalue weighted by Gasteiger charge is -2.31. The third-order valence-electron chi connectivity index (χ3n) is 5.05. The lowest BCUT2D eigenvalue weighted by atomic mass is 9.98. The molecular weight excluding hydrogens is 360 g/mol. The Morgan fingerprint density at radius 1 is 1.25 bits per heavy atom. The van der Waals surface area contributed by atoms with E-state index in [0.717, 1.165) is 25.9 Å². The largest absolute Gasteiger partial charge is 0.495 e. The van der Waals surface area contributed by atoms with Crippen LogP contribution in [0.1, 0.15) is 30.1 Å². The third-order valence-corrected chi connectivity index (χ3v) is 5.05. The number of rotatable bonds is 5. The van der Waals surface area contributed by atoms with E-state index >= 15 is 0 Å². The molecule has 1 amide bonds. The number of nitrogens with zero attached hydrogens (tertiary/aromatic N) is 2. The Morgan fingerprint density at radius 2 is 1.96 bits per heavy atom. The van der Waals surface area contributed by atoms with Gasteiger partial charge in [0.25, 0.3) is 11.6 Å². The van der Waals surface area contributed by atoms with Crippen molar-refractivity contribution in [1.82, 2.24) is 0 Å². The van der Waals surface area contributed by atoms with Gasteiger partial charge in [0.1, 0.15) is 11.4 Å². The molecule has 1 saturated heterocycles. The molecule has 0 bridgehead atoms. The molecule has 148 valence electrons. The smallest absolute Gasteiger partial charge is 0.293 e. The molecule has 28 heavy (non-hydrogen) atoms. The van der Waals surface area contributed by atoms with Crippen LogP contribution in [0.2, 0.25) is 0 Å². The number of benzene rings is 2. The van der Waals surface area contributed by atoms with Crippen molar-refractivity contribution < 1.29 is 14.5 Å². The fraction of sp³-hybridized carbons (Fsp3) is 0.350. The quantitative estimate of drug-likeness (QED) is 0.462. The molecule has 0 spiro atoms. The summed E-state index contributed by atoms with van der Waals surface area (Å²) >= 11 is 0. The van der Waals surface area contributed by atoms with Gasteiger partial charge in [-0.05, 0) is 49.1 Å². The van der Waals surface area contributed by atoms with Crippen molar-refractivity contribution in [2.24, 2.45) is 5.92 Å². The van der Waals surface area contributed by atoms with Gasteiger partial charge >= 0.3 is 0 Å². The van der Waals surface area contributed by atoms with Crippen molar-refractivity contribution in [3.05, 3.63) is 52.1 Å². The Hall–Kier alpha value is -3.29. The highest BCUT2D eigenvalue weighted by atomic mass is 16.6. The molecule has 0 atom stereocenters. The average Bonchev–Trinajstić information content (AvgIpc) is 2.68. The van der Waals surface area contributed by atoms with Crippen molar-refractivity contribution in [2.45, 2.75) is 19.8 Å². The number of anilines is 3. The number of nitrogens with two attached hydrogens (primary N) is 1. The summed E-state index contributed by atoms with van der Waals surface area (Å²) in [4.78, 5) is 25.7. The number of ether oxygens (including phenoxy) is 1. The van der Waals surface area contributed by atoms with E-state index in [1.165, 1.54) is 13.2 Å². The molecular formula is C20H24N4O4. The van der Waals surface area contributed by atoms with Crippen molar-refractivity contribution in [3.63, 3.8) is 0 Å². The number of nitrogens with one attached hydrogen (secondary N) is 1. The highest BCUT2D eigenvalue weighted by molar-refractivity contribution is 6.05. The van der Waals surface area contributed by atoms with E-state index in [-0.39, 0.29) is 11.3 Å². The third kappa shape index (κ3) is 4.16. The zero-order valence-electron chi connectivity index (χ0n) is 16.0. The molecule has 3 N–H and O–H groups in total. The van der Waals surface area contributed by atoms with E-state index in [1.807, 2.05) is 4.90 Å². The van der Waals surface area contributed by atoms with Crippen LogP contribution < -0.4 is 20.7 Å². The number of methoxy groups -OCH3 is 1. The first-order valence-corrected chi connectivity index (χ1v) is 9.17. The Labute approximate surface area is 163 Å². The summed E-state index contributed by atoms with van der Waals surface area (Å²) in [6.45, 7) is 3.74. The van der Waals surface area contributed by atoms with Crippen molar-refractivity contribution >= 4 is 28.7 Å². The monoisotopic (exact) mass is 384 g/mol. The lowest BCUT2D eigenvalue weighted by Crippen LogP contribution is -2.33. The number of hydrogen-bond donors (Lipinski definition) is 2. The van der Waals surface area contributed by atoms with E-state index in [4.69, 9.17) is 10.5 Å². The molecule has 8 nitrogen and oxygen atoms in total. The van der Waals surface area contributed by atoms with E-state index < -0.39 is 10.8 Å². The molecule has 0 radical (unpaired) electrons. The van der Waals surface area contributed by atoms with Gasteiger partial charge in [0.05, 0.1) is 17.7 Å². The fourth-order valence-electron chi connectivity index (χ4n) is 3.34. The number of nitro benzene ring substituents is 1. The van der Waals surface area contributed by atoms with Crippen molar-refractivity contribution in [1.29, 1.82) is 0 Å². The van der Waals surface area contributed by atoms with Gasteiger partial charge in [-0.25, -0.2) is 0 Å². The van der Waals surface area contributed by atoms with Crippen LogP contribution in [0.5, 0.6) is 5.75 Å². The van der Waals surface area contributed by atoms with Gasteiger partial charge in [0, 0.05) is 30.4 Å². The molecule has 2 aromatic rings. The van der Waals surface area contributed by atoms with Crippen LogP contribution in [0.15, 0.2) is 36.4 Å². The number of piperidine rings is 1. The van der Waals surface area contributed by atoms with Crippen LogP contribution in [-0.2, 0) is 0 Å². The molecule has 8 heteroatoms. The zero-order chi connectivity index (χ0) is 20.3. The van der Waals surface area contributed by atoms with Gasteiger partial charge in [-0.1, -0.05) is 6.92 Å². The Balaban J connectivity index is 1.82. The number of nitrogen functional groups attached to an aromatic ring is 1. The number of nitro groups is 1. The van der Waals surface area contributed by atoms with Gasteiger partial charge in [-0.3, -0.25) is 14.9 Å². The van der Waals surface area contributed by atoms with Crippen LogP contribution in [-0.4, -0.2) is 31.0 Å². The molecule has 0 unspecified atom stereocenters. The molecule has 1 fully saturated rings. The number of amides is 1. The van der Waals surface area contributed by atoms with Crippen LogP contribution in [0.25, 0.3) is 0 Å². The summed E-state index contributed by atoms with van der Waals surface area (Å²) in [5.74, 6) is 0.692. The zero-order valence-corrected chi connectivity index (χ0v) is 16.0. The van der Waals surface area contributed by atoms with E-state index in [2.05, 4.69) is 12.2 Å². The minimum absolute atomic E-state index is 0.0588. The maximum Gasteiger partial charge on any atom is 0.293 e. The molecule has 2 aromatic carbocycles. The highest BCUT2D eigenvalue weighted by Crippen LogP contribution is 2.33. The summed E-state index contributed by atoms with van der Waals surface area (Å²) < 4.78 is 5.09. The molecule has 0 saturated carbocycles. The van der Waals surface area contributed by atoms with E-state index in [9.17, 15) is 14.9 Å². The highest BCUT2D eigenvalue weighted by Gasteiger charge is 2.24. The second kappa shape index (κ2) is 8.16. The van der Waals surface area contributed by atoms with Gasteiger partial charge in [-0.15, -0.1) is 0 Å². The molecule has 1 aliphatic rings. The van der Waals surface area contributed by atoms with Crippen LogP contribution in [0, 0.1) is 16.0 Å². The minimum atomic E-state index is -0.438. The number of hydrogen-bond acceptors (Lipinski definition) is 6. The second-order valence-corrected chi connectivity index (χ2v) is 7.04. The molecule has 3 rings (SSSR count). The van der Waals surface area contributed by atoms with Crippen LogP contribution in [0.4, 0.5) is 22.7 Å². The summed E-state index contributed by atoms with van der Waals surface area (Å²) in [6.07, 6.45) is 2.00. The Bertz CT molecular complexity index is 892. The SMILES string of the molecule is COc1ccc(NC(=O)c2ccc(N3CCC(C)CC3)c([N+](=O)[O-])c2)cc1N. The Kier molecular flexibility index (Phi) is 5.67. The lowest BCUT2D eigenvalue weighted by molar-refractivity contribution is -0.384. The maximum atomic E-state index is 12.6. The molecule has 1 aliphatic heterocycles. The maximum absolute atomic E-state index is 12.6. The Morgan fingerprint density at radius 3 is 2.57 bits per heavy atom. The first kappa shape index (κ1) is 19.5. The van der Waals surface area contributed by atoms with Gasteiger partial charge < -0.3 is 20.7 Å². The molecule has 0 aromatic heterocycles. The fourth-order valence-corrected chi connectivity index (χ4v) is 3.34. The predicted molar refractivity (Wildman–Crippen MR) is 109 cm³/mol. The number of carbonyl (C=O) groups excluding carboxylic acids is 1. The van der Waals surface area contributed by atoms with Gasteiger partial charge in [-0.2, -0.15) is 0 Å². The second-order valence-electron chi connectivity index (χ2n) is 7.04. The average molecular weight is 384 g/mol. The van der Waals surface area contributed by atoms with Crippen LogP contribution >= 0.6 is 0 Å². The van der Waals surface area contributed by atoms with Crippen LogP contribution in [0.3, 0.4) is 0 Å². The van der Waals surface area contributed by atoms with Crippen molar-refractivity contribution in [2.75, 3.05) is 36.1 Å². The summed E-state index contributed by atoms with van der Waals surface area (Å²) in [5, 5.41) is 14.3. The first-order chi connectivity index (χ1) is 13.4. The molecule has 1 heterocycles. The summed E-state index contributed by atoms with van der Waals surface area (Å²) in [6, 6.07) is 9.48. The summed E-state index contributed by atoms with van der Waals surface area (Å²) in [7, 11) is 1.51. The topological polar surface area (TPSA) is 111 Å². The standard InChI is InChI=1S/C20H24N4O4/c1-13-7-9-23(10-8-13)17-5-3-14(11-18(17)24(26)27)20(25)22-15-4-6-19(28-2)16(21)12-15/h3-6,11-13H,7-10,21H2,1-2H3,(H,22,25). The minimum Gasteiger partial charge on any atom is -0.495 e. The van der Waals surface area contributed by atoms with Crippen molar-refractivity contribution in [3.8, 4) is 5.75 Å². The van der Waals surface area contributed by atoms with Gasteiger partial charge in [0.2, 0.25) is 0 Å². The molecule has 0 aliphatic carbocycles. The first-order valence-electron chi connectivity index (χ1n) is 9.17. The van der Waals surface area contributed by atoms with Gasteiger partial charge in [0.15, 0.2) is 0 Å². The predicted octanol–water partition coefficient (Wildman–Crippen LogP) is 3.67. The number of carbonyl (C=O) groups is 1.